The number of anilines is 3. The van der Waals surface area contributed by atoms with E-state index in [0.717, 1.165) is 54.1 Å². The van der Waals surface area contributed by atoms with E-state index in [9.17, 15) is 9.59 Å². The fraction of sp³-hybridized carbons (Fsp3) is 0.267. The van der Waals surface area contributed by atoms with Crippen LogP contribution in [0.1, 0.15) is 60.6 Å². The van der Waals surface area contributed by atoms with Gasteiger partial charge in [0.05, 0.1) is 17.4 Å². The lowest BCUT2D eigenvalue weighted by atomic mass is 9.86. The van der Waals surface area contributed by atoms with Crippen LogP contribution >= 0.6 is 0 Å². The number of nitrogens with zero attached hydrogens (tertiary/aromatic N) is 1. The van der Waals surface area contributed by atoms with Gasteiger partial charge in [0.25, 0.3) is 0 Å². The Bertz CT molecular complexity index is 1270. The maximum atomic E-state index is 13.1. The molecular weight excluding hydrogens is 434 g/mol. The molecule has 0 fully saturated rings. The number of hydrogen-bond donors (Lipinski definition) is 2. The lowest BCUT2D eigenvalue weighted by molar-refractivity contribution is -0.116. The van der Waals surface area contributed by atoms with Gasteiger partial charge in [0.15, 0.2) is 11.6 Å². The van der Waals surface area contributed by atoms with Gasteiger partial charge in [-0.2, -0.15) is 0 Å². The summed E-state index contributed by atoms with van der Waals surface area (Å²) in [4.78, 5) is 28.6. The zero-order chi connectivity index (χ0) is 24.4. The van der Waals surface area contributed by atoms with Gasteiger partial charge in [0.1, 0.15) is 0 Å². The van der Waals surface area contributed by atoms with Crippen LogP contribution in [-0.4, -0.2) is 24.7 Å². The number of carbonyl (C=O) groups is 2. The van der Waals surface area contributed by atoms with Crippen molar-refractivity contribution >= 4 is 28.6 Å². The minimum Gasteiger partial charge on any atom is -0.372 e. The number of Topliss-reactive ketones (excluding diaryl/α,β-unsaturated/α-hetero) is 1. The molecular formula is C30H31N3O2. The molecule has 5 heteroatoms. The molecule has 0 saturated heterocycles. The molecule has 35 heavy (non-hydrogen) atoms. The Morgan fingerprint density at radius 3 is 2.34 bits per heavy atom. The van der Waals surface area contributed by atoms with Crippen molar-refractivity contribution < 1.29 is 9.59 Å². The number of allylic oxidation sites excluding steroid dienone is 1. The third kappa shape index (κ3) is 4.46. The van der Waals surface area contributed by atoms with Crippen molar-refractivity contribution in [2.75, 3.05) is 28.6 Å². The SMILES string of the molecule is CCN(CC)c1ccc(C2Nc3cc(C(=O)c4ccccc4)ccc3NC3=C2C(=O)CCC3)cc1. The number of hydrogen-bond acceptors (Lipinski definition) is 5. The summed E-state index contributed by atoms with van der Waals surface area (Å²) in [5, 5.41) is 7.14. The molecule has 0 amide bonds. The lowest BCUT2D eigenvalue weighted by Gasteiger charge is -2.26. The third-order valence-electron chi connectivity index (χ3n) is 7.00. The molecule has 5 rings (SSSR count). The predicted molar refractivity (Wildman–Crippen MR) is 142 cm³/mol. The highest BCUT2D eigenvalue weighted by atomic mass is 16.1. The van der Waals surface area contributed by atoms with Gasteiger partial charge in [-0.3, -0.25) is 9.59 Å². The Kier molecular flexibility index (Phi) is 6.41. The standard InChI is InChI=1S/C30H31N3O2/c1-3-33(4-2)23-16-13-20(14-17-23)29-28-25(11-8-12-27(28)34)31-24-18-15-22(19-26(24)32-29)30(35)21-9-6-5-7-10-21/h5-7,9-10,13-19,29,31-32H,3-4,8,11-12H2,1-2H3. The number of carbonyl (C=O) groups excluding carboxylic acids is 2. The minimum absolute atomic E-state index is 0.0200. The van der Waals surface area contributed by atoms with Crippen molar-refractivity contribution in [3.05, 3.63) is 101 Å². The highest BCUT2D eigenvalue weighted by Crippen LogP contribution is 2.41. The quantitative estimate of drug-likeness (QED) is 0.416. The Morgan fingerprint density at radius 2 is 1.63 bits per heavy atom. The van der Waals surface area contributed by atoms with E-state index in [2.05, 4.69) is 53.6 Å². The molecule has 0 radical (unpaired) electrons. The van der Waals surface area contributed by atoms with Crippen molar-refractivity contribution in [2.24, 2.45) is 0 Å². The minimum atomic E-state index is -0.278. The van der Waals surface area contributed by atoms with Gasteiger partial charge < -0.3 is 15.5 Å². The number of fused-ring (bicyclic) bond motifs is 1. The first-order valence-corrected chi connectivity index (χ1v) is 12.5. The molecule has 2 N–H and O–H groups in total. The topological polar surface area (TPSA) is 61.4 Å². The lowest BCUT2D eigenvalue weighted by Crippen LogP contribution is -2.24. The molecule has 0 bridgehead atoms. The largest absolute Gasteiger partial charge is 0.372 e. The molecule has 1 unspecified atom stereocenters. The van der Waals surface area contributed by atoms with Gasteiger partial charge >= 0.3 is 0 Å². The van der Waals surface area contributed by atoms with Gasteiger partial charge in [0, 0.05) is 47.6 Å². The van der Waals surface area contributed by atoms with Crippen LogP contribution in [0.4, 0.5) is 17.1 Å². The van der Waals surface area contributed by atoms with Crippen LogP contribution in [0.15, 0.2) is 84.1 Å². The second-order valence-corrected chi connectivity index (χ2v) is 9.09. The Morgan fingerprint density at radius 1 is 0.886 bits per heavy atom. The van der Waals surface area contributed by atoms with Crippen LogP contribution in [0.3, 0.4) is 0 Å². The van der Waals surface area contributed by atoms with Crippen molar-refractivity contribution in [1.29, 1.82) is 0 Å². The van der Waals surface area contributed by atoms with Crippen LogP contribution in [0.2, 0.25) is 0 Å². The molecule has 1 atom stereocenters. The average Bonchev–Trinajstić information content (AvgIpc) is 3.07. The monoisotopic (exact) mass is 465 g/mol. The number of nitrogens with one attached hydrogen (secondary N) is 2. The summed E-state index contributed by atoms with van der Waals surface area (Å²) in [7, 11) is 0. The predicted octanol–water partition coefficient (Wildman–Crippen LogP) is 6.35. The van der Waals surface area contributed by atoms with Crippen LogP contribution in [0.25, 0.3) is 0 Å². The summed E-state index contributed by atoms with van der Waals surface area (Å²) in [6, 6.07) is 23.2. The van der Waals surface area contributed by atoms with Gasteiger partial charge in [-0.15, -0.1) is 0 Å². The molecule has 178 valence electrons. The maximum Gasteiger partial charge on any atom is 0.193 e. The molecule has 2 aliphatic rings. The summed E-state index contributed by atoms with van der Waals surface area (Å²) in [5.41, 5.74) is 6.98. The molecule has 0 saturated carbocycles. The summed E-state index contributed by atoms with van der Waals surface area (Å²) >= 11 is 0. The number of benzene rings is 3. The average molecular weight is 466 g/mol. The molecule has 1 heterocycles. The van der Waals surface area contributed by atoms with Crippen molar-refractivity contribution in [3.8, 4) is 0 Å². The second kappa shape index (κ2) is 9.79. The number of ketones is 2. The van der Waals surface area contributed by atoms with E-state index >= 15 is 0 Å². The van der Waals surface area contributed by atoms with Gasteiger partial charge in [-0.1, -0.05) is 42.5 Å². The molecule has 5 nitrogen and oxygen atoms in total. The molecule has 3 aromatic rings. The first kappa shape index (κ1) is 22.9. The first-order chi connectivity index (χ1) is 17.1. The van der Waals surface area contributed by atoms with Crippen molar-refractivity contribution in [3.63, 3.8) is 0 Å². The summed E-state index contributed by atoms with van der Waals surface area (Å²) < 4.78 is 0. The zero-order valence-corrected chi connectivity index (χ0v) is 20.3. The van der Waals surface area contributed by atoms with E-state index in [-0.39, 0.29) is 17.6 Å². The molecule has 3 aromatic carbocycles. The molecule has 0 aromatic heterocycles. The summed E-state index contributed by atoms with van der Waals surface area (Å²) in [6.07, 6.45) is 2.24. The maximum absolute atomic E-state index is 13.1. The third-order valence-corrected chi connectivity index (χ3v) is 7.00. The van der Waals surface area contributed by atoms with E-state index in [1.165, 1.54) is 5.69 Å². The van der Waals surface area contributed by atoms with E-state index in [1.807, 2.05) is 48.5 Å². The van der Waals surface area contributed by atoms with E-state index in [0.29, 0.717) is 17.5 Å². The van der Waals surface area contributed by atoms with Crippen LogP contribution in [0, 0.1) is 0 Å². The molecule has 0 spiro atoms. The van der Waals surface area contributed by atoms with E-state index in [1.54, 1.807) is 0 Å². The van der Waals surface area contributed by atoms with Gasteiger partial charge in [-0.25, -0.2) is 0 Å². The first-order valence-electron chi connectivity index (χ1n) is 12.5. The fourth-order valence-corrected chi connectivity index (χ4v) is 5.11. The van der Waals surface area contributed by atoms with E-state index in [4.69, 9.17) is 0 Å². The zero-order valence-electron chi connectivity index (χ0n) is 20.3. The second-order valence-electron chi connectivity index (χ2n) is 9.09. The van der Waals surface area contributed by atoms with Crippen LogP contribution in [0.5, 0.6) is 0 Å². The normalized spacial score (nSPS) is 17.0. The fourth-order valence-electron chi connectivity index (χ4n) is 5.11. The number of rotatable bonds is 6. The Labute approximate surface area is 206 Å². The highest BCUT2D eigenvalue weighted by Gasteiger charge is 2.32. The summed E-state index contributed by atoms with van der Waals surface area (Å²) in [6.45, 7) is 6.19. The summed E-state index contributed by atoms with van der Waals surface area (Å²) in [5.74, 6) is 0.158. The smallest absolute Gasteiger partial charge is 0.193 e. The van der Waals surface area contributed by atoms with Crippen LogP contribution < -0.4 is 15.5 Å². The molecule has 1 aliphatic carbocycles. The Hall–Kier alpha value is -3.86. The molecule has 1 aliphatic heterocycles. The van der Waals surface area contributed by atoms with Crippen LogP contribution in [-0.2, 0) is 4.79 Å². The van der Waals surface area contributed by atoms with Crippen molar-refractivity contribution in [2.45, 2.75) is 39.2 Å². The van der Waals surface area contributed by atoms with Crippen molar-refractivity contribution in [1.82, 2.24) is 0 Å². The van der Waals surface area contributed by atoms with Gasteiger partial charge in [-0.05, 0) is 62.6 Å². The van der Waals surface area contributed by atoms with E-state index < -0.39 is 0 Å². The van der Waals surface area contributed by atoms with Gasteiger partial charge in [0.2, 0.25) is 0 Å². The highest BCUT2D eigenvalue weighted by molar-refractivity contribution is 6.10. The Balaban J connectivity index is 1.54.